The van der Waals surface area contributed by atoms with Gasteiger partial charge in [0.05, 0.1) is 21.6 Å². The van der Waals surface area contributed by atoms with Crippen LogP contribution in [0.4, 0.5) is 19.0 Å². The van der Waals surface area contributed by atoms with Crippen molar-refractivity contribution in [2.24, 2.45) is 0 Å². The number of halogens is 4. The number of aromatic amines is 1. The first-order chi connectivity index (χ1) is 16.8. The Labute approximate surface area is 208 Å². The first-order valence-corrected chi connectivity index (χ1v) is 12.1. The van der Waals surface area contributed by atoms with Crippen LogP contribution < -0.4 is 5.32 Å². The number of H-pyrrole nitrogens is 1. The third kappa shape index (κ3) is 4.84. The topological polar surface area (TPSA) is 78.1 Å². The number of pyridine rings is 1. The lowest BCUT2D eigenvalue weighted by molar-refractivity contribution is -0.118. The standard InChI is InChI=1S/C25H22BrF3N4O2/c26-22-21-18(8-10-33(25(21)35)16-5-6-16)31-23(22)14-7-9-30-20(11-14)32-24(34)17(12-19(28)29)13-1-3-15(27)4-2-13/h1-4,7,9,11,16-17,19,31H,5-6,8,10,12H2,(H,30,32,34). The molecule has 182 valence electrons. The van der Waals surface area contributed by atoms with Gasteiger partial charge in [-0.3, -0.25) is 9.59 Å². The maximum absolute atomic E-state index is 13.3. The second-order valence-corrected chi connectivity index (χ2v) is 9.59. The van der Waals surface area contributed by atoms with Crippen LogP contribution in [0.3, 0.4) is 0 Å². The molecule has 1 aliphatic heterocycles. The van der Waals surface area contributed by atoms with Gasteiger partial charge in [-0.25, -0.2) is 18.2 Å². The molecule has 6 nitrogen and oxygen atoms in total. The quantitative estimate of drug-likeness (QED) is 0.409. The van der Waals surface area contributed by atoms with Crippen LogP contribution in [0.1, 0.15) is 46.8 Å². The van der Waals surface area contributed by atoms with Crippen LogP contribution in [-0.2, 0) is 11.2 Å². The molecule has 2 aliphatic rings. The Morgan fingerprint density at radius 2 is 1.97 bits per heavy atom. The Balaban J connectivity index is 1.39. The van der Waals surface area contributed by atoms with Crippen molar-refractivity contribution in [3.63, 3.8) is 0 Å². The van der Waals surface area contributed by atoms with E-state index in [9.17, 15) is 22.8 Å². The minimum atomic E-state index is -2.72. The van der Waals surface area contributed by atoms with Gasteiger partial charge < -0.3 is 15.2 Å². The summed E-state index contributed by atoms with van der Waals surface area (Å²) in [5.41, 5.74) is 3.12. The summed E-state index contributed by atoms with van der Waals surface area (Å²) in [5, 5.41) is 2.61. The second-order valence-electron chi connectivity index (χ2n) is 8.80. The smallest absolute Gasteiger partial charge is 0.257 e. The summed E-state index contributed by atoms with van der Waals surface area (Å²) in [6, 6.07) is 8.60. The highest BCUT2D eigenvalue weighted by molar-refractivity contribution is 9.10. The zero-order valence-corrected chi connectivity index (χ0v) is 20.1. The minimum absolute atomic E-state index is 0.000143. The monoisotopic (exact) mass is 546 g/mol. The molecule has 0 saturated heterocycles. The van der Waals surface area contributed by atoms with E-state index in [2.05, 4.69) is 31.2 Å². The molecule has 1 saturated carbocycles. The molecule has 5 rings (SSSR count). The molecule has 0 radical (unpaired) electrons. The third-order valence-corrected chi connectivity index (χ3v) is 7.18. The first kappa shape index (κ1) is 23.6. The fourth-order valence-corrected chi connectivity index (χ4v) is 5.22. The van der Waals surface area contributed by atoms with Gasteiger partial charge in [0.1, 0.15) is 11.6 Å². The minimum Gasteiger partial charge on any atom is -0.357 e. The Morgan fingerprint density at radius 1 is 1.23 bits per heavy atom. The van der Waals surface area contributed by atoms with Gasteiger partial charge in [0.25, 0.3) is 5.91 Å². The summed E-state index contributed by atoms with van der Waals surface area (Å²) >= 11 is 3.57. The summed E-state index contributed by atoms with van der Waals surface area (Å²) in [6.07, 6.45) is 0.866. The molecule has 2 N–H and O–H groups in total. The van der Waals surface area contributed by atoms with Gasteiger partial charge in [-0.05, 0) is 58.6 Å². The highest BCUT2D eigenvalue weighted by Crippen LogP contribution is 2.39. The highest BCUT2D eigenvalue weighted by atomic mass is 79.9. The number of alkyl halides is 2. The van der Waals surface area contributed by atoms with Gasteiger partial charge in [0.15, 0.2) is 0 Å². The van der Waals surface area contributed by atoms with Crippen LogP contribution in [-0.4, -0.2) is 45.7 Å². The molecule has 10 heteroatoms. The summed E-state index contributed by atoms with van der Waals surface area (Å²) in [6.45, 7) is 0.676. The maximum atomic E-state index is 13.3. The number of aromatic nitrogens is 2. The van der Waals surface area contributed by atoms with Crippen molar-refractivity contribution in [1.82, 2.24) is 14.9 Å². The Kier molecular flexibility index (Phi) is 6.39. The average molecular weight is 547 g/mol. The molecule has 1 aromatic carbocycles. The van der Waals surface area contributed by atoms with E-state index in [1.54, 1.807) is 12.1 Å². The van der Waals surface area contributed by atoms with Crippen molar-refractivity contribution in [2.45, 2.75) is 44.1 Å². The molecule has 1 unspecified atom stereocenters. The van der Waals surface area contributed by atoms with E-state index in [0.29, 0.717) is 39.4 Å². The molecule has 1 fully saturated rings. The number of amides is 2. The third-order valence-electron chi connectivity index (χ3n) is 6.38. The normalized spacial score (nSPS) is 16.4. The van der Waals surface area contributed by atoms with E-state index in [0.717, 1.165) is 37.1 Å². The molecule has 1 atom stereocenters. The number of fused-ring (bicyclic) bond motifs is 1. The Bertz CT molecular complexity index is 1270. The fourth-order valence-electron chi connectivity index (χ4n) is 4.48. The number of benzene rings is 1. The molecular weight excluding hydrogens is 525 g/mol. The van der Waals surface area contributed by atoms with Gasteiger partial charge in [-0.1, -0.05) is 12.1 Å². The zero-order chi connectivity index (χ0) is 24.7. The van der Waals surface area contributed by atoms with E-state index < -0.39 is 30.5 Å². The molecule has 2 aromatic heterocycles. The van der Waals surface area contributed by atoms with Crippen molar-refractivity contribution >= 4 is 33.6 Å². The largest absolute Gasteiger partial charge is 0.357 e. The van der Waals surface area contributed by atoms with Crippen LogP contribution >= 0.6 is 15.9 Å². The van der Waals surface area contributed by atoms with Crippen molar-refractivity contribution in [3.05, 3.63) is 69.7 Å². The fraction of sp³-hybridized carbons (Fsp3) is 0.320. The number of nitrogens with zero attached hydrogens (tertiary/aromatic N) is 2. The van der Waals surface area contributed by atoms with E-state index in [1.165, 1.54) is 18.3 Å². The van der Waals surface area contributed by atoms with Gasteiger partial charge >= 0.3 is 0 Å². The van der Waals surface area contributed by atoms with Gasteiger partial charge in [0.2, 0.25) is 12.3 Å². The predicted molar refractivity (Wildman–Crippen MR) is 128 cm³/mol. The lowest BCUT2D eigenvalue weighted by atomic mass is 9.95. The van der Waals surface area contributed by atoms with Gasteiger partial charge in [-0.2, -0.15) is 0 Å². The molecule has 1 aliphatic carbocycles. The van der Waals surface area contributed by atoms with Crippen LogP contribution in [0.15, 0.2) is 47.1 Å². The lowest BCUT2D eigenvalue weighted by Gasteiger charge is -2.26. The molecule has 2 amide bonds. The molecule has 0 bridgehead atoms. The van der Waals surface area contributed by atoms with Crippen LogP contribution in [0, 0.1) is 5.82 Å². The summed E-state index contributed by atoms with van der Waals surface area (Å²) in [4.78, 5) is 35.3. The Morgan fingerprint density at radius 3 is 2.66 bits per heavy atom. The van der Waals surface area contributed by atoms with Crippen LogP contribution in [0.2, 0.25) is 0 Å². The van der Waals surface area contributed by atoms with E-state index in [4.69, 9.17) is 0 Å². The molecule has 3 aromatic rings. The average Bonchev–Trinajstić information content (AvgIpc) is 3.61. The van der Waals surface area contributed by atoms with Crippen molar-refractivity contribution in [3.8, 4) is 11.3 Å². The van der Waals surface area contributed by atoms with Crippen LogP contribution in [0.25, 0.3) is 11.3 Å². The van der Waals surface area contributed by atoms with Gasteiger partial charge in [-0.15, -0.1) is 0 Å². The van der Waals surface area contributed by atoms with Crippen molar-refractivity contribution in [2.75, 3.05) is 11.9 Å². The second kappa shape index (κ2) is 9.49. The van der Waals surface area contributed by atoms with E-state index in [-0.39, 0.29) is 11.7 Å². The van der Waals surface area contributed by atoms with Crippen LogP contribution in [0.5, 0.6) is 0 Å². The lowest BCUT2D eigenvalue weighted by Crippen LogP contribution is -2.38. The summed E-state index contributed by atoms with van der Waals surface area (Å²) < 4.78 is 40.3. The van der Waals surface area contributed by atoms with E-state index in [1.807, 2.05) is 4.90 Å². The Hall–Kier alpha value is -3.14. The summed E-state index contributed by atoms with van der Waals surface area (Å²) in [7, 11) is 0. The number of anilines is 1. The highest BCUT2D eigenvalue weighted by Gasteiger charge is 2.38. The number of hydrogen-bond donors (Lipinski definition) is 2. The SMILES string of the molecule is O=C(Nc1cc(-c2[nH]c3c(c2Br)C(=O)N(C2CC2)CC3)ccn1)C(CC(F)F)c1ccc(F)cc1. The summed E-state index contributed by atoms with van der Waals surface area (Å²) in [5.74, 6) is -2.17. The first-order valence-electron chi connectivity index (χ1n) is 11.3. The molecular formula is C25H22BrF3N4O2. The maximum Gasteiger partial charge on any atom is 0.257 e. The predicted octanol–water partition coefficient (Wildman–Crippen LogP) is 5.52. The number of carbonyl (C=O) groups excluding carboxylic acids is 2. The number of nitrogens with one attached hydrogen (secondary N) is 2. The van der Waals surface area contributed by atoms with Gasteiger partial charge in [0, 0.05) is 42.9 Å². The molecule has 3 heterocycles. The molecule has 35 heavy (non-hydrogen) atoms. The number of hydrogen-bond acceptors (Lipinski definition) is 3. The molecule has 0 spiro atoms. The number of rotatable bonds is 7. The van der Waals surface area contributed by atoms with Crippen molar-refractivity contribution < 1.29 is 22.8 Å². The zero-order valence-electron chi connectivity index (χ0n) is 18.5. The van der Waals surface area contributed by atoms with Crippen molar-refractivity contribution in [1.29, 1.82) is 0 Å². The number of carbonyl (C=O) groups is 2. The van der Waals surface area contributed by atoms with E-state index >= 15 is 0 Å².